The van der Waals surface area contributed by atoms with Gasteiger partial charge in [0.1, 0.15) is 0 Å². The number of anilines is 1. The molecule has 0 radical (unpaired) electrons. The topological polar surface area (TPSA) is 72.1 Å². The Hall–Kier alpha value is -3.10. The van der Waals surface area contributed by atoms with Gasteiger partial charge in [-0.25, -0.2) is 0 Å². The van der Waals surface area contributed by atoms with Crippen LogP contribution in [-0.4, -0.2) is 32.6 Å². The van der Waals surface area contributed by atoms with E-state index >= 15 is 0 Å². The molecule has 1 unspecified atom stereocenters. The molecular formula is C23H18N4O2S2. The normalized spacial score (nSPS) is 15.5. The highest BCUT2D eigenvalue weighted by Gasteiger charge is 2.32. The summed E-state index contributed by atoms with van der Waals surface area (Å²) in [5.74, 6) is 1.41. The first-order valence-corrected chi connectivity index (χ1v) is 11.7. The third kappa shape index (κ3) is 4.22. The summed E-state index contributed by atoms with van der Waals surface area (Å²) in [5.41, 5.74) is 2.82. The zero-order valence-electron chi connectivity index (χ0n) is 16.4. The van der Waals surface area contributed by atoms with Crippen molar-refractivity contribution in [2.75, 3.05) is 16.4 Å². The maximum absolute atomic E-state index is 13.4. The molecule has 1 atom stereocenters. The van der Waals surface area contributed by atoms with Crippen LogP contribution in [0.5, 0.6) is 0 Å². The number of nitrogens with zero attached hydrogens (tertiary/aromatic N) is 4. The van der Waals surface area contributed by atoms with Crippen LogP contribution in [0, 0.1) is 0 Å². The largest absolute Gasteiger partial charge is 0.411 e. The minimum absolute atomic E-state index is 0.00716. The lowest BCUT2D eigenvalue weighted by atomic mass is 10.1. The summed E-state index contributed by atoms with van der Waals surface area (Å²) in [5, 5.41) is 8.51. The van der Waals surface area contributed by atoms with Crippen LogP contribution in [0.15, 0.2) is 93.7 Å². The van der Waals surface area contributed by atoms with Gasteiger partial charge in [-0.05, 0) is 29.8 Å². The Morgan fingerprint density at radius 2 is 1.90 bits per heavy atom. The Balaban J connectivity index is 1.37. The number of thioether (sulfide) groups is 2. The van der Waals surface area contributed by atoms with E-state index in [1.165, 1.54) is 11.8 Å². The van der Waals surface area contributed by atoms with Crippen molar-refractivity contribution in [1.82, 2.24) is 15.2 Å². The first-order chi connectivity index (χ1) is 15.3. The summed E-state index contributed by atoms with van der Waals surface area (Å²) in [6, 6.07) is 21.8. The Morgan fingerprint density at radius 1 is 1.06 bits per heavy atom. The van der Waals surface area contributed by atoms with Crippen LogP contribution in [0.25, 0.3) is 11.5 Å². The minimum atomic E-state index is -0.0251. The molecule has 2 aromatic heterocycles. The molecule has 1 aliphatic heterocycles. The van der Waals surface area contributed by atoms with E-state index in [-0.39, 0.29) is 17.7 Å². The molecule has 0 bridgehead atoms. The number of pyridine rings is 1. The van der Waals surface area contributed by atoms with Gasteiger partial charge >= 0.3 is 0 Å². The molecule has 2 aromatic carbocycles. The van der Waals surface area contributed by atoms with Gasteiger partial charge in [0.2, 0.25) is 11.8 Å². The van der Waals surface area contributed by atoms with Gasteiger partial charge in [0.25, 0.3) is 5.22 Å². The number of rotatable bonds is 5. The van der Waals surface area contributed by atoms with Gasteiger partial charge in [-0.3, -0.25) is 9.78 Å². The Bertz CT molecular complexity index is 1180. The number of aromatic nitrogens is 3. The number of hydrogen-bond acceptors (Lipinski definition) is 7. The fraction of sp³-hybridized carbons (Fsp3) is 0.130. The van der Waals surface area contributed by atoms with Crippen LogP contribution < -0.4 is 4.90 Å². The standard InChI is InChI=1S/C23H18N4O2S2/c28-21(15-31-23-26-25-22(29-23)17-9-6-12-24-13-17)27-18-10-4-5-11-20(18)30-14-19(27)16-7-2-1-3-8-16/h1-13,19H,14-15H2. The molecule has 3 heterocycles. The van der Waals surface area contributed by atoms with Crippen molar-refractivity contribution in [3.63, 3.8) is 0 Å². The monoisotopic (exact) mass is 446 g/mol. The van der Waals surface area contributed by atoms with E-state index < -0.39 is 0 Å². The van der Waals surface area contributed by atoms with E-state index in [0.717, 1.165) is 27.5 Å². The smallest absolute Gasteiger partial charge is 0.277 e. The fourth-order valence-electron chi connectivity index (χ4n) is 3.49. The van der Waals surface area contributed by atoms with E-state index in [0.29, 0.717) is 11.1 Å². The Labute approximate surface area is 188 Å². The molecule has 6 nitrogen and oxygen atoms in total. The molecular weight excluding hydrogens is 428 g/mol. The molecule has 0 N–H and O–H groups in total. The van der Waals surface area contributed by atoms with E-state index in [1.807, 2.05) is 53.4 Å². The predicted molar refractivity (Wildman–Crippen MR) is 122 cm³/mol. The molecule has 0 saturated carbocycles. The van der Waals surface area contributed by atoms with Gasteiger partial charge in [0.15, 0.2) is 0 Å². The molecule has 154 valence electrons. The van der Waals surface area contributed by atoms with Crippen molar-refractivity contribution >= 4 is 35.1 Å². The molecule has 1 aliphatic rings. The number of hydrogen-bond donors (Lipinski definition) is 0. The van der Waals surface area contributed by atoms with Crippen molar-refractivity contribution < 1.29 is 9.21 Å². The zero-order chi connectivity index (χ0) is 21.0. The van der Waals surface area contributed by atoms with Crippen LogP contribution in [0.3, 0.4) is 0 Å². The number of benzene rings is 2. The first kappa shape index (κ1) is 19.8. The summed E-state index contributed by atoms with van der Waals surface area (Å²) in [4.78, 5) is 20.5. The molecule has 0 saturated heterocycles. The van der Waals surface area contributed by atoms with E-state index in [1.54, 1.807) is 24.2 Å². The average Bonchev–Trinajstić information content (AvgIpc) is 3.32. The summed E-state index contributed by atoms with van der Waals surface area (Å²) in [6.07, 6.45) is 3.35. The summed E-state index contributed by atoms with van der Waals surface area (Å²) in [7, 11) is 0. The molecule has 0 spiro atoms. The van der Waals surface area contributed by atoms with Gasteiger partial charge in [-0.1, -0.05) is 54.2 Å². The van der Waals surface area contributed by atoms with Gasteiger partial charge < -0.3 is 9.32 Å². The van der Waals surface area contributed by atoms with Crippen molar-refractivity contribution in [2.45, 2.75) is 16.2 Å². The molecule has 31 heavy (non-hydrogen) atoms. The summed E-state index contributed by atoms with van der Waals surface area (Å²) < 4.78 is 5.71. The maximum atomic E-state index is 13.4. The molecule has 5 rings (SSSR count). The predicted octanol–water partition coefficient (Wildman–Crippen LogP) is 5.10. The lowest BCUT2D eigenvalue weighted by Crippen LogP contribution is -2.39. The van der Waals surface area contributed by atoms with Crippen molar-refractivity contribution in [1.29, 1.82) is 0 Å². The zero-order valence-corrected chi connectivity index (χ0v) is 18.1. The highest BCUT2D eigenvalue weighted by Crippen LogP contribution is 2.43. The number of carbonyl (C=O) groups is 1. The number of amides is 1. The third-order valence-electron chi connectivity index (χ3n) is 4.92. The number of fused-ring (bicyclic) bond motifs is 1. The first-order valence-electron chi connectivity index (χ1n) is 9.75. The highest BCUT2D eigenvalue weighted by molar-refractivity contribution is 8.00. The van der Waals surface area contributed by atoms with Crippen molar-refractivity contribution in [2.24, 2.45) is 0 Å². The molecule has 1 amide bonds. The molecule has 0 aliphatic carbocycles. The third-order valence-corrected chi connectivity index (χ3v) is 6.86. The molecule has 4 aromatic rings. The van der Waals surface area contributed by atoms with Gasteiger partial charge in [-0.15, -0.1) is 22.0 Å². The van der Waals surface area contributed by atoms with Gasteiger partial charge in [0, 0.05) is 23.0 Å². The second-order valence-electron chi connectivity index (χ2n) is 6.87. The molecule has 0 fully saturated rings. The van der Waals surface area contributed by atoms with Gasteiger partial charge in [0.05, 0.1) is 23.0 Å². The summed E-state index contributed by atoms with van der Waals surface area (Å²) in [6.45, 7) is 0. The Morgan fingerprint density at radius 3 is 2.74 bits per heavy atom. The number of para-hydroxylation sites is 1. The Kier molecular flexibility index (Phi) is 5.73. The van der Waals surface area contributed by atoms with Crippen molar-refractivity contribution in [3.8, 4) is 11.5 Å². The average molecular weight is 447 g/mol. The molecule has 8 heteroatoms. The quantitative estimate of drug-likeness (QED) is 0.395. The van der Waals surface area contributed by atoms with Crippen molar-refractivity contribution in [3.05, 3.63) is 84.7 Å². The highest BCUT2D eigenvalue weighted by atomic mass is 32.2. The maximum Gasteiger partial charge on any atom is 0.277 e. The van der Waals surface area contributed by atoms with Crippen LogP contribution in [0.2, 0.25) is 0 Å². The van der Waals surface area contributed by atoms with Crippen LogP contribution >= 0.6 is 23.5 Å². The second-order valence-corrected chi connectivity index (χ2v) is 8.86. The van der Waals surface area contributed by atoms with Crippen LogP contribution in [-0.2, 0) is 4.79 Å². The second kappa shape index (κ2) is 8.95. The van der Waals surface area contributed by atoms with E-state index in [9.17, 15) is 4.79 Å². The minimum Gasteiger partial charge on any atom is -0.411 e. The number of carbonyl (C=O) groups excluding carboxylic acids is 1. The lowest BCUT2D eigenvalue weighted by molar-refractivity contribution is -0.116. The van der Waals surface area contributed by atoms with Gasteiger partial charge in [-0.2, -0.15) is 0 Å². The lowest BCUT2D eigenvalue weighted by Gasteiger charge is -2.37. The SMILES string of the molecule is O=C(CSc1nnc(-c2cccnc2)o1)N1c2ccccc2SCC1c1ccccc1. The van der Waals surface area contributed by atoms with Crippen LogP contribution in [0.4, 0.5) is 5.69 Å². The van der Waals surface area contributed by atoms with E-state index in [4.69, 9.17) is 4.42 Å². The summed E-state index contributed by atoms with van der Waals surface area (Å²) >= 11 is 3.03. The fourth-order valence-corrected chi connectivity index (χ4v) is 5.28. The van der Waals surface area contributed by atoms with E-state index in [2.05, 4.69) is 33.4 Å². The van der Waals surface area contributed by atoms with Crippen LogP contribution in [0.1, 0.15) is 11.6 Å².